The number of rotatable bonds is 5. The minimum atomic E-state index is 0.0751. The van der Waals surface area contributed by atoms with Crippen LogP contribution in [0.25, 0.3) is 0 Å². The Kier molecular flexibility index (Phi) is 4.80. The van der Waals surface area contributed by atoms with Gasteiger partial charge in [0.25, 0.3) is 5.91 Å². The van der Waals surface area contributed by atoms with E-state index >= 15 is 0 Å². The molecular weight excluding hydrogens is 328 g/mol. The van der Waals surface area contributed by atoms with Crippen molar-refractivity contribution >= 4 is 5.91 Å². The van der Waals surface area contributed by atoms with Gasteiger partial charge in [0, 0.05) is 25.8 Å². The van der Waals surface area contributed by atoms with Crippen LogP contribution in [-0.4, -0.2) is 61.4 Å². The third-order valence-corrected chi connectivity index (χ3v) is 5.57. The molecule has 2 aliphatic rings. The number of carbonyl (C=O) groups is 1. The van der Waals surface area contributed by atoms with E-state index in [9.17, 15) is 4.79 Å². The number of likely N-dealkylation sites (tertiary alicyclic amines) is 1. The molecule has 7 heteroatoms. The van der Waals surface area contributed by atoms with Crippen LogP contribution in [0, 0.1) is 6.92 Å². The lowest BCUT2D eigenvalue weighted by atomic mass is 10.1. The van der Waals surface area contributed by atoms with Gasteiger partial charge in [-0.05, 0) is 58.3 Å². The molecule has 0 N–H and O–H groups in total. The van der Waals surface area contributed by atoms with Gasteiger partial charge in [-0.1, -0.05) is 0 Å². The summed E-state index contributed by atoms with van der Waals surface area (Å²) in [5, 5.41) is 8.96. The zero-order valence-corrected chi connectivity index (χ0v) is 15.8. The molecule has 4 heterocycles. The molecule has 2 aliphatic heterocycles. The molecule has 0 aromatic carbocycles. The number of carbonyl (C=O) groups excluding carboxylic acids is 1. The lowest BCUT2D eigenvalue weighted by molar-refractivity contribution is 0.0645. The Labute approximate surface area is 154 Å². The maximum atomic E-state index is 13.2. The Hall–Kier alpha value is -2.15. The van der Waals surface area contributed by atoms with E-state index in [1.54, 1.807) is 0 Å². The zero-order chi connectivity index (χ0) is 18.1. The highest BCUT2D eigenvalue weighted by molar-refractivity contribution is 5.92. The van der Waals surface area contributed by atoms with Crippen LogP contribution < -0.4 is 0 Å². The first kappa shape index (κ1) is 17.3. The summed E-state index contributed by atoms with van der Waals surface area (Å²) in [6.45, 7) is 9.49. The number of hydrogen-bond acceptors (Lipinski definition) is 4. The van der Waals surface area contributed by atoms with Gasteiger partial charge in [-0.15, -0.1) is 0 Å². The summed E-state index contributed by atoms with van der Waals surface area (Å²) in [5.74, 6) is 0.0751. The molecule has 1 atom stereocenters. The van der Waals surface area contributed by atoms with Crippen LogP contribution in [0.5, 0.6) is 0 Å². The lowest BCUT2D eigenvalue weighted by Crippen LogP contribution is -2.42. The Bertz CT molecular complexity index is 773. The van der Waals surface area contributed by atoms with E-state index < -0.39 is 0 Å². The summed E-state index contributed by atoms with van der Waals surface area (Å²) >= 11 is 0. The lowest BCUT2D eigenvalue weighted by Gasteiger charge is -2.34. The summed E-state index contributed by atoms with van der Waals surface area (Å²) < 4.78 is 3.94. The maximum absolute atomic E-state index is 13.2. The van der Waals surface area contributed by atoms with E-state index in [1.807, 2.05) is 41.8 Å². The minimum Gasteiger partial charge on any atom is -0.329 e. The summed E-state index contributed by atoms with van der Waals surface area (Å²) in [6.07, 6.45) is 5.50. The normalized spacial score (nSPS) is 20.5. The topological polar surface area (TPSA) is 59.2 Å². The van der Waals surface area contributed by atoms with Crippen LogP contribution >= 0.6 is 0 Å². The van der Waals surface area contributed by atoms with Gasteiger partial charge >= 0.3 is 0 Å². The molecule has 0 radical (unpaired) electrons. The fourth-order valence-electron chi connectivity index (χ4n) is 4.21. The van der Waals surface area contributed by atoms with Crippen molar-refractivity contribution in [3.8, 4) is 0 Å². The molecule has 26 heavy (non-hydrogen) atoms. The molecular formula is C19H28N6O. The van der Waals surface area contributed by atoms with Gasteiger partial charge in [0.1, 0.15) is 5.69 Å². The fraction of sp³-hybridized carbons (Fsp3) is 0.632. The number of nitrogens with zero attached hydrogens (tertiary/aromatic N) is 6. The van der Waals surface area contributed by atoms with E-state index in [2.05, 4.69) is 19.8 Å². The minimum absolute atomic E-state index is 0.0751. The molecule has 1 saturated heterocycles. The van der Waals surface area contributed by atoms with Crippen LogP contribution in [-0.2, 0) is 13.1 Å². The molecule has 0 spiro atoms. The van der Waals surface area contributed by atoms with E-state index in [4.69, 9.17) is 0 Å². The number of aryl methyl sites for hydroxylation is 2. The molecule has 1 unspecified atom stereocenters. The Morgan fingerprint density at radius 2 is 2.12 bits per heavy atom. The number of hydrogen-bond donors (Lipinski definition) is 0. The molecule has 2 aromatic heterocycles. The van der Waals surface area contributed by atoms with E-state index in [0.29, 0.717) is 18.8 Å². The molecule has 1 fully saturated rings. The summed E-state index contributed by atoms with van der Waals surface area (Å²) in [7, 11) is 0. The Morgan fingerprint density at radius 3 is 2.88 bits per heavy atom. The van der Waals surface area contributed by atoms with Crippen molar-refractivity contribution in [2.24, 2.45) is 0 Å². The average molecular weight is 356 g/mol. The fourth-order valence-corrected chi connectivity index (χ4v) is 4.21. The van der Waals surface area contributed by atoms with Gasteiger partial charge in [-0.3, -0.25) is 14.2 Å². The van der Waals surface area contributed by atoms with Crippen molar-refractivity contribution in [2.75, 3.05) is 26.2 Å². The van der Waals surface area contributed by atoms with Gasteiger partial charge < -0.3 is 9.80 Å². The van der Waals surface area contributed by atoms with Crippen molar-refractivity contribution in [2.45, 2.75) is 52.2 Å². The number of amides is 1. The molecule has 4 rings (SSSR count). The predicted molar refractivity (Wildman–Crippen MR) is 98.9 cm³/mol. The van der Waals surface area contributed by atoms with E-state index in [-0.39, 0.29) is 11.9 Å². The first-order chi connectivity index (χ1) is 12.7. The van der Waals surface area contributed by atoms with E-state index in [0.717, 1.165) is 30.9 Å². The monoisotopic (exact) mass is 356 g/mol. The summed E-state index contributed by atoms with van der Waals surface area (Å²) in [5.41, 5.74) is 2.70. The molecule has 0 saturated carbocycles. The van der Waals surface area contributed by atoms with E-state index in [1.165, 1.54) is 25.9 Å². The Balaban J connectivity index is 1.51. The SMILES string of the molecule is CCn1nc(C)cc1C(=O)N1Cc2ccnn2C(CCN2CCCC2)C1. The van der Waals surface area contributed by atoms with Crippen molar-refractivity contribution < 1.29 is 4.79 Å². The second kappa shape index (κ2) is 7.23. The maximum Gasteiger partial charge on any atom is 0.272 e. The second-order valence-corrected chi connectivity index (χ2v) is 7.43. The predicted octanol–water partition coefficient (Wildman–Crippen LogP) is 2.09. The second-order valence-electron chi connectivity index (χ2n) is 7.43. The third kappa shape index (κ3) is 3.28. The molecule has 0 bridgehead atoms. The number of aromatic nitrogens is 4. The van der Waals surface area contributed by atoms with Gasteiger partial charge in [-0.2, -0.15) is 10.2 Å². The van der Waals surface area contributed by atoms with Crippen LogP contribution in [0.3, 0.4) is 0 Å². The van der Waals surface area contributed by atoms with Crippen molar-refractivity contribution in [1.82, 2.24) is 29.4 Å². The summed E-state index contributed by atoms with van der Waals surface area (Å²) in [6, 6.07) is 4.18. The standard InChI is InChI=1S/C19H28N6O/c1-3-24-18(12-15(2)21-24)19(26)23-13-16-6-8-20-25(16)17(14-23)7-11-22-9-4-5-10-22/h6,8,12,17H,3-5,7,9-11,13-14H2,1-2H3. The Morgan fingerprint density at radius 1 is 1.31 bits per heavy atom. The molecule has 2 aromatic rings. The largest absolute Gasteiger partial charge is 0.329 e. The van der Waals surface area contributed by atoms with Crippen molar-refractivity contribution in [3.63, 3.8) is 0 Å². The van der Waals surface area contributed by atoms with Crippen molar-refractivity contribution in [3.05, 3.63) is 35.4 Å². The third-order valence-electron chi connectivity index (χ3n) is 5.57. The van der Waals surface area contributed by atoms with Crippen LogP contribution in [0.4, 0.5) is 0 Å². The van der Waals surface area contributed by atoms with Gasteiger partial charge in [0.2, 0.25) is 0 Å². The first-order valence-corrected chi connectivity index (χ1v) is 9.74. The van der Waals surface area contributed by atoms with Crippen LogP contribution in [0.1, 0.15) is 54.1 Å². The highest BCUT2D eigenvalue weighted by atomic mass is 16.2. The number of fused-ring (bicyclic) bond motifs is 1. The van der Waals surface area contributed by atoms with Crippen molar-refractivity contribution in [1.29, 1.82) is 0 Å². The molecule has 1 amide bonds. The van der Waals surface area contributed by atoms with Crippen LogP contribution in [0.15, 0.2) is 18.3 Å². The van der Waals surface area contributed by atoms with Crippen LogP contribution in [0.2, 0.25) is 0 Å². The highest BCUT2D eigenvalue weighted by Gasteiger charge is 2.30. The molecule has 7 nitrogen and oxygen atoms in total. The summed E-state index contributed by atoms with van der Waals surface area (Å²) in [4.78, 5) is 17.6. The quantitative estimate of drug-likeness (QED) is 0.823. The van der Waals surface area contributed by atoms with Gasteiger partial charge in [0.05, 0.1) is 24.0 Å². The smallest absolute Gasteiger partial charge is 0.272 e. The molecule has 140 valence electrons. The highest BCUT2D eigenvalue weighted by Crippen LogP contribution is 2.25. The zero-order valence-electron chi connectivity index (χ0n) is 15.8. The van der Waals surface area contributed by atoms with Gasteiger partial charge in [-0.25, -0.2) is 0 Å². The molecule has 0 aliphatic carbocycles. The average Bonchev–Trinajstić information content (AvgIpc) is 3.38. The first-order valence-electron chi connectivity index (χ1n) is 9.74. The van der Waals surface area contributed by atoms with Gasteiger partial charge in [0.15, 0.2) is 0 Å².